The van der Waals surface area contributed by atoms with Crippen LogP contribution >= 0.6 is 0 Å². The predicted molar refractivity (Wildman–Crippen MR) is 95.7 cm³/mol. The van der Waals surface area contributed by atoms with Crippen molar-refractivity contribution in [2.24, 2.45) is 0 Å². The lowest BCUT2D eigenvalue weighted by Crippen LogP contribution is -1.97. The van der Waals surface area contributed by atoms with Crippen LogP contribution in [0.5, 0.6) is 0 Å². The van der Waals surface area contributed by atoms with Gasteiger partial charge in [-0.2, -0.15) is 5.26 Å². The molecule has 26 heavy (non-hydrogen) atoms. The van der Waals surface area contributed by atoms with Gasteiger partial charge in [-0.1, -0.05) is 30.3 Å². The lowest BCUT2D eigenvalue weighted by molar-refractivity contribution is -0.384. The average Bonchev–Trinajstić information content (AvgIpc) is 3.07. The number of nitrogens with zero attached hydrogens (tertiary/aromatic N) is 5. The summed E-state index contributed by atoms with van der Waals surface area (Å²) in [5.41, 5.74) is 3.92. The molecule has 4 aromatic rings. The van der Waals surface area contributed by atoms with Gasteiger partial charge in [0.15, 0.2) is 0 Å². The lowest BCUT2D eigenvalue weighted by atomic mass is 10.1. The normalized spacial score (nSPS) is 10.6. The van der Waals surface area contributed by atoms with Crippen LogP contribution in [-0.4, -0.2) is 19.5 Å². The van der Waals surface area contributed by atoms with E-state index >= 15 is 0 Å². The highest BCUT2D eigenvalue weighted by atomic mass is 16.6. The van der Waals surface area contributed by atoms with Gasteiger partial charge in [-0.05, 0) is 12.1 Å². The van der Waals surface area contributed by atoms with Crippen LogP contribution in [0.4, 0.5) is 5.69 Å². The van der Waals surface area contributed by atoms with Crippen LogP contribution in [0.3, 0.4) is 0 Å². The zero-order valence-electron chi connectivity index (χ0n) is 13.4. The van der Waals surface area contributed by atoms with Gasteiger partial charge in [0, 0.05) is 29.6 Å². The molecule has 0 amide bonds. The minimum absolute atomic E-state index is 0.00486. The summed E-state index contributed by atoms with van der Waals surface area (Å²) in [6.07, 6.45) is 3.11. The van der Waals surface area contributed by atoms with E-state index in [9.17, 15) is 15.4 Å². The third-order valence-corrected chi connectivity index (χ3v) is 4.08. The Kier molecular flexibility index (Phi) is 3.64. The van der Waals surface area contributed by atoms with Gasteiger partial charge in [0.1, 0.15) is 17.9 Å². The first-order valence-electron chi connectivity index (χ1n) is 7.75. The molecule has 0 saturated carbocycles. The maximum absolute atomic E-state index is 10.9. The van der Waals surface area contributed by atoms with Gasteiger partial charge in [-0.3, -0.25) is 10.1 Å². The number of aromatic nitrogens is 3. The number of fused-ring (bicyclic) bond motifs is 1. The van der Waals surface area contributed by atoms with Gasteiger partial charge >= 0.3 is 0 Å². The van der Waals surface area contributed by atoms with Crippen molar-refractivity contribution in [2.45, 2.75) is 0 Å². The Hall–Kier alpha value is -4.05. The molecule has 2 aromatic heterocycles. The second kappa shape index (κ2) is 6.11. The Labute approximate surface area is 147 Å². The molecule has 0 N–H and O–H groups in total. The minimum atomic E-state index is -0.448. The predicted octanol–water partition coefficient (Wildman–Crippen LogP) is 3.87. The third-order valence-electron chi connectivity index (χ3n) is 4.08. The first kappa shape index (κ1) is 15.5. The largest absolute Gasteiger partial charge is 0.312 e. The zero-order valence-corrected chi connectivity index (χ0v) is 13.4. The number of hydrogen-bond donors (Lipinski definition) is 0. The average molecular weight is 341 g/mol. The zero-order chi connectivity index (χ0) is 18.1. The molecule has 0 fully saturated rings. The number of nitriles is 1. The van der Waals surface area contributed by atoms with E-state index in [4.69, 9.17) is 0 Å². The third kappa shape index (κ3) is 2.46. The first-order chi connectivity index (χ1) is 12.7. The molecular formula is C19H11N5O2. The highest BCUT2D eigenvalue weighted by Gasteiger charge is 2.17. The second-order valence-electron chi connectivity index (χ2n) is 5.58. The molecule has 0 aliphatic rings. The number of hydrogen-bond acceptors (Lipinski definition) is 5. The van der Waals surface area contributed by atoms with Crippen LogP contribution in [-0.2, 0) is 0 Å². The highest BCUT2D eigenvalue weighted by molar-refractivity contribution is 5.94. The maximum Gasteiger partial charge on any atom is 0.269 e. The molecule has 0 aliphatic carbocycles. The molecule has 0 radical (unpaired) electrons. The van der Waals surface area contributed by atoms with Crippen molar-refractivity contribution < 1.29 is 4.92 Å². The standard InChI is InChI=1S/C19H11N5O2/c20-10-14-11-23(15-6-8-16(9-7-15)24(25)26)19-17(21-12-22-18(14)19)13-4-2-1-3-5-13/h1-9,11-12H. The van der Waals surface area contributed by atoms with E-state index in [1.165, 1.54) is 18.5 Å². The molecule has 124 valence electrons. The summed E-state index contributed by atoms with van der Waals surface area (Å²) in [4.78, 5) is 19.1. The smallest absolute Gasteiger partial charge is 0.269 e. The van der Waals surface area contributed by atoms with Gasteiger partial charge in [0.25, 0.3) is 5.69 Å². The van der Waals surface area contributed by atoms with Crippen LogP contribution in [0.2, 0.25) is 0 Å². The van der Waals surface area contributed by atoms with Crippen LogP contribution in [0.15, 0.2) is 67.1 Å². The van der Waals surface area contributed by atoms with Gasteiger partial charge in [-0.15, -0.1) is 0 Å². The molecule has 7 nitrogen and oxygen atoms in total. The van der Waals surface area contributed by atoms with Crippen molar-refractivity contribution >= 4 is 16.7 Å². The van der Waals surface area contributed by atoms with E-state index in [0.717, 1.165) is 5.56 Å². The van der Waals surface area contributed by atoms with Gasteiger partial charge in [0.2, 0.25) is 0 Å². The summed E-state index contributed by atoms with van der Waals surface area (Å²) in [6.45, 7) is 0. The van der Waals surface area contributed by atoms with Crippen LogP contribution < -0.4 is 0 Å². The van der Waals surface area contributed by atoms with Crippen molar-refractivity contribution in [3.8, 4) is 23.0 Å². The minimum Gasteiger partial charge on any atom is -0.312 e. The van der Waals surface area contributed by atoms with Gasteiger partial charge in [-0.25, -0.2) is 9.97 Å². The van der Waals surface area contributed by atoms with Gasteiger partial charge < -0.3 is 4.57 Å². The summed E-state index contributed by atoms with van der Waals surface area (Å²) >= 11 is 0. The van der Waals surface area contributed by atoms with E-state index in [1.807, 2.05) is 30.3 Å². The van der Waals surface area contributed by atoms with Crippen molar-refractivity contribution in [1.82, 2.24) is 14.5 Å². The topological polar surface area (TPSA) is 97.6 Å². The summed E-state index contributed by atoms with van der Waals surface area (Å²) in [6, 6.07) is 17.9. The molecule has 0 unspecified atom stereocenters. The van der Waals surface area contributed by atoms with E-state index in [1.54, 1.807) is 22.9 Å². The fourth-order valence-corrected chi connectivity index (χ4v) is 2.89. The first-order valence-corrected chi connectivity index (χ1v) is 7.75. The maximum atomic E-state index is 10.9. The quantitative estimate of drug-likeness (QED) is 0.416. The Balaban J connectivity index is 2.00. The van der Waals surface area contributed by atoms with Crippen LogP contribution in [0, 0.1) is 21.4 Å². The van der Waals surface area contributed by atoms with Crippen molar-refractivity contribution in [1.29, 1.82) is 5.26 Å². The Morgan fingerprint density at radius 1 is 1.04 bits per heavy atom. The summed E-state index contributed by atoms with van der Waals surface area (Å²) in [7, 11) is 0. The molecule has 2 heterocycles. The Bertz CT molecular complexity index is 1160. The molecule has 2 aromatic carbocycles. The monoisotopic (exact) mass is 341 g/mol. The molecular weight excluding hydrogens is 330 g/mol. The highest BCUT2D eigenvalue weighted by Crippen LogP contribution is 2.31. The lowest BCUT2D eigenvalue weighted by Gasteiger charge is -2.08. The van der Waals surface area contributed by atoms with Crippen molar-refractivity contribution in [3.63, 3.8) is 0 Å². The van der Waals surface area contributed by atoms with Crippen LogP contribution in [0.1, 0.15) is 5.56 Å². The number of nitro groups is 1. The molecule has 0 saturated heterocycles. The van der Waals surface area contributed by atoms with Crippen LogP contribution in [0.25, 0.3) is 28.0 Å². The summed E-state index contributed by atoms with van der Waals surface area (Å²) < 4.78 is 1.79. The summed E-state index contributed by atoms with van der Waals surface area (Å²) in [5.74, 6) is 0. The molecule has 0 spiro atoms. The number of nitro benzene ring substituents is 1. The molecule has 7 heteroatoms. The molecule has 0 bridgehead atoms. The fraction of sp³-hybridized carbons (Fsp3) is 0. The Morgan fingerprint density at radius 2 is 1.77 bits per heavy atom. The van der Waals surface area contributed by atoms with Crippen molar-refractivity contribution in [3.05, 3.63) is 82.8 Å². The Morgan fingerprint density at radius 3 is 2.42 bits per heavy atom. The SMILES string of the molecule is N#Cc1cn(-c2ccc([N+](=O)[O-])cc2)c2c(-c3ccccc3)ncnc12. The number of rotatable bonds is 3. The second-order valence-corrected chi connectivity index (χ2v) is 5.58. The van der Waals surface area contributed by atoms with E-state index in [2.05, 4.69) is 16.0 Å². The molecule has 4 rings (SSSR count). The summed E-state index contributed by atoms with van der Waals surface area (Å²) in [5, 5.41) is 20.3. The van der Waals surface area contributed by atoms with Gasteiger partial charge in [0.05, 0.1) is 21.7 Å². The molecule has 0 aliphatic heterocycles. The van der Waals surface area contributed by atoms with Crippen molar-refractivity contribution in [2.75, 3.05) is 0 Å². The fourth-order valence-electron chi connectivity index (χ4n) is 2.89. The van der Waals surface area contributed by atoms with E-state index in [0.29, 0.717) is 28.0 Å². The molecule has 0 atom stereocenters. The van der Waals surface area contributed by atoms with E-state index in [-0.39, 0.29) is 5.69 Å². The van der Waals surface area contributed by atoms with E-state index < -0.39 is 4.92 Å². The number of benzene rings is 2. The number of non-ortho nitro benzene ring substituents is 1.